The lowest BCUT2D eigenvalue weighted by molar-refractivity contribution is 0.0620. The molecule has 1 aromatic heterocycles. The normalized spacial score (nSPS) is 16.3. The van der Waals surface area contributed by atoms with Crippen molar-refractivity contribution in [3.63, 3.8) is 0 Å². The molecule has 0 aliphatic carbocycles. The number of likely N-dealkylation sites (tertiary alicyclic amines) is 1. The first-order valence-corrected chi connectivity index (χ1v) is 7.12. The third-order valence-corrected chi connectivity index (χ3v) is 4.01. The molecule has 1 N–H and O–H groups in total. The van der Waals surface area contributed by atoms with Gasteiger partial charge in [0.1, 0.15) is 5.58 Å². The van der Waals surface area contributed by atoms with Gasteiger partial charge in [-0.05, 0) is 30.9 Å². The highest BCUT2D eigenvalue weighted by Gasteiger charge is 2.25. The van der Waals surface area contributed by atoms with Crippen LogP contribution in [-0.2, 0) is 0 Å². The number of aliphatic hydroxyl groups is 1. The predicted molar refractivity (Wildman–Crippen MR) is 78.2 cm³/mol. The Morgan fingerprint density at radius 1 is 1.29 bits per heavy atom. The molecule has 1 saturated heterocycles. The first kappa shape index (κ1) is 13.8. The number of nitrogens with zero attached hydrogens (tertiary/aromatic N) is 1. The Balaban J connectivity index is 1.87. The van der Waals surface area contributed by atoms with E-state index in [-0.39, 0.29) is 29.6 Å². The highest BCUT2D eigenvalue weighted by molar-refractivity contribution is 5.93. The molecule has 1 aliphatic heterocycles. The molecule has 1 amide bonds. The minimum Gasteiger partial charge on any atom is -0.451 e. The Morgan fingerprint density at radius 2 is 2.00 bits per heavy atom. The van der Waals surface area contributed by atoms with Gasteiger partial charge in [0.2, 0.25) is 0 Å². The maximum Gasteiger partial charge on any atom is 0.289 e. The molecule has 0 spiro atoms. The molecular weight excluding hydrogens is 270 g/mol. The van der Waals surface area contributed by atoms with E-state index in [1.54, 1.807) is 29.2 Å². The third-order valence-electron chi connectivity index (χ3n) is 4.01. The Labute approximate surface area is 121 Å². The fraction of sp³-hybridized carbons (Fsp3) is 0.375. The average molecular weight is 287 g/mol. The third kappa shape index (κ3) is 2.69. The van der Waals surface area contributed by atoms with Crippen LogP contribution in [0.25, 0.3) is 11.0 Å². The molecule has 0 radical (unpaired) electrons. The molecule has 5 heteroatoms. The fourth-order valence-corrected chi connectivity index (χ4v) is 2.68. The maximum absolute atomic E-state index is 12.4. The first-order chi connectivity index (χ1) is 10.2. The molecule has 0 saturated carbocycles. The standard InChI is InChI=1S/C16H17NO4/c18-10-11-5-7-17(8-6-11)16(20)15-9-13(19)12-3-1-2-4-14(12)21-15/h1-4,9,11,18H,5-8,10H2. The number of benzene rings is 1. The molecule has 1 aromatic carbocycles. The molecule has 0 unspecified atom stereocenters. The zero-order valence-corrected chi connectivity index (χ0v) is 11.6. The largest absolute Gasteiger partial charge is 0.451 e. The lowest BCUT2D eigenvalue weighted by atomic mass is 9.98. The summed E-state index contributed by atoms with van der Waals surface area (Å²) in [6.07, 6.45) is 1.56. The molecule has 0 atom stereocenters. The van der Waals surface area contributed by atoms with Crippen molar-refractivity contribution in [2.24, 2.45) is 5.92 Å². The molecule has 1 fully saturated rings. The predicted octanol–water partition coefficient (Wildman–Crippen LogP) is 1.64. The Hall–Kier alpha value is -2.14. The summed E-state index contributed by atoms with van der Waals surface area (Å²) >= 11 is 0. The number of hydrogen-bond acceptors (Lipinski definition) is 4. The molecule has 3 rings (SSSR count). The summed E-state index contributed by atoms with van der Waals surface area (Å²) in [5, 5.41) is 9.60. The van der Waals surface area contributed by atoms with Gasteiger partial charge in [0.05, 0.1) is 5.39 Å². The van der Waals surface area contributed by atoms with Gasteiger partial charge < -0.3 is 14.4 Å². The van der Waals surface area contributed by atoms with E-state index < -0.39 is 0 Å². The minimum absolute atomic E-state index is 0.0844. The van der Waals surface area contributed by atoms with Crippen molar-refractivity contribution in [1.82, 2.24) is 4.90 Å². The van der Waals surface area contributed by atoms with Crippen LogP contribution in [0.1, 0.15) is 23.4 Å². The molecule has 0 bridgehead atoms. The number of piperidine rings is 1. The summed E-state index contributed by atoms with van der Waals surface area (Å²) in [5.41, 5.74) is 0.226. The highest BCUT2D eigenvalue weighted by atomic mass is 16.3. The van der Waals surface area contributed by atoms with Crippen LogP contribution in [0.4, 0.5) is 0 Å². The number of amides is 1. The maximum atomic E-state index is 12.4. The van der Waals surface area contributed by atoms with Crippen molar-refractivity contribution >= 4 is 16.9 Å². The van der Waals surface area contributed by atoms with Crippen molar-refractivity contribution in [3.8, 4) is 0 Å². The lowest BCUT2D eigenvalue weighted by Crippen LogP contribution is -2.39. The first-order valence-electron chi connectivity index (χ1n) is 7.12. The quantitative estimate of drug-likeness (QED) is 0.911. The molecule has 2 heterocycles. The van der Waals surface area contributed by atoms with Crippen LogP contribution in [0, 0.1) is 5.92 Å². The summed E-state index contributed by atoms with van der Waals surface area (Å²) in [4.78, 5) is 26.1. The second-order valence-corrected chi connectivity index (χ2v) is 5.39. The van der Waals surface area contributed by atoms with Gasteiger partial charge in [-0.1, -0.05) is 12.1 Å². The van der Waals surface area contributed by atoms with Gasteiger partial charge in [-0.2, -0.15) is 0 Å². The highest BCUT2D eigenvalue weighted by Crippen LogP contribution is 2.19. The number of aliphatic hydroxyl groups excluding tert-OH is 1. The van der Waals surface area contributed by atoms with Crippen molar-refractivity contribution in [1.29, 1.82) is 0 Å². The van der Waals surface area contributed by atoms with Gasteiger partial charge in [-0.25, -0.2) is 0 Å². The topological polar surface area (TPSA) is 70.8 Å². The number of rotatable bonds is 2. The summed E-state index contributed by atoms with van der Waals surface area (Å²) in [6, 6.07) is 8.17. The fourth-order valence-electron chi connectivity index (χ4n) is 2.68. The zero-order valence-electron chi connectivity index (χ0n) is 11.6. The van der Waals surface area contributed by atoms with Crippen LogP contribution in [0.2, 0.25) is 0 Å². The van der Waals surface area contributed by atoms with Crippen LogP contribution in [0.3, 0.4) is 0 Å². The van der Waals surface area contributed by atoms with Gasteiger partial charge in [0, 0.05) is 25.8 Å². The summed E-state index contributed by atoms with van der Waals surface area (Å²) in [7, 11) is 0. The molecule has 5 nitrogen and oxygen atoms in total. The number of para-hydroxylation sites is 1. The van der Waals surface area contributed by atoms with Crippen LogP contribution in [-0.4, -0.2) is 35.6 Å². The van der Waals surface area contributed by atoms with E-state index in [2.05, 4.69) is 0 Å². The number of carbonyl (C=O) groups is 1. The molecule has 1 aliphatic rings. The van der Waals surface area contributed by atoms with Gasteiger partial charge in [-0.3, -0.25) is 9.59 Å². The average Bonchev–Trinajstić information content (AvgIpc) is 2.54. The molecular formula is C16H17NO4. The lowest BCUT2D eigenvalue weighted by Gasteiger charge is -2.30. The monoisotopic (exact) mass is 287 g/mol. The Kier molecular flexibility index (Phi) is 3.75. The second-order valence-electron chi connectivity index (χ2n) is 5.39. The van der Waals surface area contributed by atoms with E-state index in [1.165, 1.54) is 6.07 Å². The SMILES string of the molecule is O=C(c1cc(=O)c2ccccc2o1)N1CCC(CO)CC1. The second kappa shape index (κ2) is 5.69. The van der Waals surface area contributed by atoms with Crippen LogP contribution >= 0.6 is 0 Å². The van der Waals surface area contributed by atoms with Crippen LogP contribution in [0.15, 0.2) is 39.5 Å². The van der Waals surface area contributed by atoms with E-state index >= 15 is 0 Å². The van der Waals surface area contributed by atoms with Gasteiger partial charge >= 0.3 is 0 Å². The molecule has 21 heavy (non-hydrogen) atoms. The number of hydrogen-bond donors (Lipinski definition) is 1. The van der Waals surface area contributed by atoms with Crippen molar-refractivity contribution < 1.29 is 14.3 Å². The van der Waals surface area contributed by atoms with E-state index in [1.807, 2.05) is 0 Å². The van der Waals surface area contributed by atoms with E-state index in [9.17, 15) is 9.59 Å². The Bertz CT molecular complexity index is 714. The smallest absolute Gasteiger partial charge is 0.289 e. The van der Waals surface area contributed by atoms with E-state index in [0.29, 0.717) is 24.1 Å². The summed E-state index contributed by atoms with van der Waals surface area (Å²) in [5.74, 6) is 0.0908. The van der Waals surface area contributed by atoms with Gasteiger partial charge in [0.25, 0.3) is 5.91 Å². The van der Waals surface area contributed by atoms with Crippen LogP contribution in [0.5, 0.6) is 0 Å². The summed E-state index contributed by atoms with van der Waals surface area (Å²) in [6.45, 7) is 1.33. The van der Waals surface area contributed by atoms with Gasteiger partial charge in [-0.15, -0.1) is 0 Å². The van der Waals surface area contributed by atoms with Crippen LogP contribution < -0.4 is 5.43 Å². The van der Waals surface area contributed by atoms with E-state index in [4.69, 9.17) is 9.52 Å². The number of fused-ring (bicyclic) bond motifs is 1. The Morgan fingerprint density at radius 3 is 2.71 bits per heavy atom. The zero-order chi connectivity index (χ0) is 14.8. The summed E-state index contributed by atoms with van der Waals surface area (Å²) < 4.78 is 5.57. The van der Waals surface area contributed by atoms with Crippen molar-refractivity contribution in [2.75, 3.05) is 19.7 Å². The van der Waals surface area contributed by atoms with E-state index in [0.717, 1.165) is 12.8 Å². The van der Waals surface area contributed by atoms with Crippen molar-refractivity contribution in [2.45, 2.75) is 12.8 Å². The van der Waals surface area contributed by atoms with Gasteiger partial charge in [0.15, 0.2) is 11.2 Å². The molecule has 2 aromatic rings. The van der Waals surface area contributed by atoms with Crippen molar-refractivity contribution in [3.05, 3.63) is 46.3 Å². The minimum atomic E-state index is -0.255. The molecule has 110 valence electrons. The number of carbonyl (C=O) groups excluding carboxylic acids is 1.